The molecule has 0 saturated carbocycles. The summed E-state index contributed by atoms with van der Waals surface area (Å²) in [6.07, 6.45) is 2.51. The zero-order valence-electron chi connectivity index (χ0n) is 17.7. The van der Waals surface area contributed by atoms with Gasteiger partial charge in [-0.15, -0.1) is 0 Å². The van der Waals surface area contributed by atoms with Crippen LogP contribution in [0, 0.1) is 0 Å². The molecule has 3 aliphatic rings. The van der Waals surface area contributed by atoms with Crippen molar-refractivity contribution in [3.8, 4) is 0 Å². The number of nitrogens with zero attached hydrogens (tertiary/aromatic N) is 4. The van der Waals surface area contributed by atoms with Gasteiger partial charge in [0.1, 0.15) is 0 Å². The molecule has 1 N–H and O–H groups in total. The Labute approximate surface area is 178 Å². The van der Waals surface area contributed by atoms with E-state index in [-0.39, 0.29) is 11.8 Å². The van der Waals surface area contributed by atoms with Gasteiger partial charge >= 0.3 is 0 Å². The van der Waals surface area contributed by atoms with E-state index in [0.717, 1.165) is 45.0 Å². The average molecular weight is 416 g/mol. The van der Waals surface area contributed by atoms with Crippen molar-refractivity contribution in [3.63, 3.8) is 0 Å². The number of nitrogens with one attached hydrogen (secondary N) is 1. The number of piperazine rings is 1. The summed E-state index contributed by atoms with van der Waals surface area (Å²) < 4.78 is 5.34. The first kappa shape index (κ1) is 21.1. The van der Waals surface area contributed by atoms with E-state index in [1.807, 2.05) is 17.0 Å². The number of anilines is 2. The molecular formula is C22H33N5O3. The lowest BCUT2D eigenvalue weighted by atomic mass is 10.2. The van der Waals surface area contributed by atoms with Gasteiger partial charge in [0.15, 0.2) is 0 Å². The number of ether oxygens (including phenoxy) is 1. The molecule has 0 atom stereocenters. The maximum atomic E-state index is 12.5. The summed E-state index contributed by atoms with van der Waals surface area (Å²) >= 11 is 0. The Hall–Kier alpha value is -2.16. The summed E-state index contributed by atoms with van der Waals surface area (Å²) in [6, 6.07) is 8.13. The number of amides is 2. The molecule has 1 aromatic rings. The monoisotopic (exact) mass is 415 g/mol. The highest BCUT2D eigenvalue weighted by molar-refractivity contribution is 5.92. The van der Waals surface area contributed by atoms with Crippen LogP contribution in [0.2, 0.25) is 0 Å². The fourth-order valence-electron chi connectivity index (χ4n) is 4.34. The van der Waals surface area contributed by atoms with Crippen LogP contribution in [0.1, 0.15) is 12.8 Å². The highest BCUT2D eigenvalue weighted by atomic mass is 16.5. The summed E-state index contributed by atoms with van der Waals surface area (Å²) in [6.45, 7) is 8.95. The molecule has 3 saturated heterocycles. The molecule has 8 nitrogen and oxygen atoms in total. The highest BCUT2D eigenvalue weighted by Crippen LogP contribution is 2.22. The topological polar surface area (TPSA) is 68.4 Å². The first-order chi connectivity index (χ1) is 14.7. The fraction of sp³-hybridized carbons (Fsp3) is 0.636. The molecule has 0 radical (unpaired) electrons. The number of morpholine rings is 1. The summed E-state index contributed by atoms with van der Waals surface area (Å²) in [4.78, 5) is 33.5. The van der Waals surface area contributed by atoms with Gasteiger partial charge in [-0.3, -0.25) is 19.4 Å². The summed E-state index contributed by atoms with van der Waals surface area (Å²) in [5.41, 5.74) is 2.06. The second-order valence-electron chi connectivity index (χ2n) is 8.33. The quantitative estimate of drug-likeness (QED) is 0.738. The Morgan fingerprint density at radius 1 is 0.800 bits per heavy atom. The van der Waals surface area contributed by atoms with Crippen LogP contribution in [0.15, 0.2) is 24.3 Å². The van der Waals surface area contributed by atoms with Crippen molar-refractivity contribution in [1.82, 2.24) is 14.7 Å². The van der Waals surface area contributed by atoms with Gasteiger partial charge in [-0.2, -0.15) is 0 Å². The van der Waals surface area contributed by atoms with Crippen molar-refractivity contribution in [3.05, 3.63) is 24.3 Å². The Morgan fingerprint density at radius 3 is 2.10 bits per heavy atom. The molecule has 164 valence electrons. The Bertz CT molecular complexity index is 706. The van der Waals surface area contributed by atoms with Gasteiger partial charge in [-0.1, -0.05) is 0 Å². The van der Waals surface area contributed by atoms with Gasteiger partial charge in [0, 0.05) is 63.7 Å². The molecule has 2 amide bonds. The van der Waals surface area contributed by atoms with Crippen molar-refractivity contribution < 1.29 is 14.3 Å². The van der Waals surface area contributed by atoms with Crippen LogP contribution < -0.4 is 10.2 Å². The molecule has 3 fully saturated rings. The minimum absolute atomic E-state index is 0.00276. The van der Waals surface area contributed by atoms with Crippen molar-refractivity contribution in [2.75, 3.05) is 88.9 Å². The van der Waals surface area contributed by atoms with E-state index in [4.69, 9.17) is 4.74 Å². The Morgan fingerprint density at radius 2 is 1.43 bits per heavy atom. The molecule has 3 aliphatic heterocycles. The van der Waals surface area contributed by atoms with Crippen LogP contribution >= 0.6 is 0 Å². The van der Waals surface area contributed by atoms with E-state index in [2.05, 4.69) is 32.1 Å². The van der Waals surface area contributed by atoms with Gasteiger partial charge in [0.25, 0.3) is 0 Å². The molecule has 0 bridgehead atoms. The Kier molecular flexibility index (Phi) is 7.20. The summed E-state index contributed by atoms with van der Waals surface area (Å²) in [5, 5.41) is 3.00. The summed E-state index contributed by atoms with van der Waals surface area (Å²) in [5.74, 6) is 0.177. The van der Waals surface area contributed by atoms with E-state index >= 15 is 0 Å². The lowest BCUT2D eigenvalue weighted by Crippen LogP contribution is -2.53. The second kappa shape index (κ2) is 10.2. The number of carbonyl (C=O) groups is 2. The van der Waals surface area contributed by atoms with Crippen LogP contribution in [-0.2, 0) is 14.3 Å². The Balaban J connectivity index is 1.17. The smallest absolute Gasteiger partial charge is 0.238 e. The minimum Gasteiger partial charge on any atom is -0.379 e. The van der Waals surface area contributed by atoms with Crippen molar-refractivity contribution in [1.29, 1.82) is 0 Å². The van der Waals surface area contributed by atoms with E-state index in [1.54, 1.807) is 0 Å². The number of hydrogen-bond acceptors (Lipinski definition) is 6. The third kappa shape index (κ3) is 5.71. The predicted octanol–water partition coefficient (Wildman–Crippen LogP) is 0.702. The van der Waals surface area contributed by atoms with Gasteiger partial charge in [0.2, 0.25) is 11.8 Å². The normalized spacial score (nSPS) is 21.1. The maximum Gasteiger partial charge on any atom is 0.238 e. The molecule has 1 aromatic carbocycles. The van der Waals surface area contributed by atoms with E-state index in [1.165, 1.54) is 18.5 Å². The predicted molar refractivity (Wildman–Crippen MR) is 117 cm³/mol. The number of hydrogen-bond donors (Lipinski definition) is 1. The molecular weight excluding hydrogens is 382 g/mol. The van der Waals surface area contributed by atoms with E-state index < -0.39 is 0 Å². The molecule has 0 spiro atoms. The average Bonchev–Trinajstić information content (AvgIpc) is 3.30. The number of carbonyl (C=O) groups excluding carboxylic acids is 2. The second-order valence-corrected chi connectivity index (χ2v) is 8.33. The van der Waals surface area contributed by atoms with Crippen LogP contribution in [0.25, 0.3) is 0 Å². The van der Waals surface area contributed by atoms with Crippen LogP contribution in [0.5, 0.6) is 0 Å². The first-order valence-corrected chi connectivity index (χ1v) is 11.1. The lowest BCUT2D eigenvalue weighted by molar-refractivity contribution is -0.135. The molecule has 4 rings (SSSR count). The molecule has 0 unspecified atom stereocenters. The van der Waals surface area contributed by atoms with Crippen molar-refractivity contribution in [2.24, 2.45) is 0 Å². The molecule has 0 aliphatic carbocycles. The lowest BCUT2D eigenvalue weighted by Gasteiger charge is -2.36. The highest BCUT2D eigenvalue weighted by Gasteiger charge is 2.24. The number of rotatable bonds is 6. The van der Waals surface area contributed by atoms with Crippen LogP contribution in [-0.4, -0.2) is 105 Å². The third-order valence-corrected chi connectivity index (χ3v) is 6.18. The van der Waals surface area contributed by atoms with Crippen LogP contribution in [0.3, 0.4) is 0 Å². The first-order valence-electron chi connectivity index (χ1n) is 11.1. The van der Waals surface area contributed by atoms with Gasteiger partial charge < -0.3 is 19.9 Å². The van der Waals surface area contributed by atoms with Gasteiger partial charge in [-0.25, -0.2) is 0 Å². The zero-order chi connectivity index (χ0) is 20.8. The molecule has 30 heavy (non-hydrogen) atoms. The number of benzene rings is 1. The fourth-order valence-corrected chi connectivity index (χ4v) is 4.34. The standard InChI is InChI=1S/C22H33N5O3/c28-21(23-19-3-5-20(6-4-19)26-7-1-2-8-26)17-24-9-11-27(12-10-24)22(29)18-25-13-15-30-16-14-25/h3-6H,1-2,7-18H2,(H,23,28). The molecule has 3 heterocycles. The van der Waals surface area contributed by atoms with Crippen molar-refractivity contribution >= 4 is 23.2 Å². The van der Waals surface area contributed by atoms with Gasteiger partial charge in [-0.05, 0) is 37.1 Å². The zero-order valence-corrected chi connectivity index (χ0v) is 17.7. The van der Waals surface area contributed by atoms with Crippen molar-refractivity contribution in [2.45, 2.75) is 12.8 Å². The van der Waals surface area contributed by atoms with E-state index in [0.29, 0.717) is 39.4 Å². The largest absolute Gasteiger partial charge is 0.379 e. The van der Waals surface area contributed by atoms with Crippen LogP contribution in [0.4, 0.5) is 11.4 Å². The van der Waals surface area contributed by atoms with E-state index in [9.17, 15) is 9.59 Å². The van der Waals surface area contributed by atoms with Gasteiger partial charge in [0.05, 0.1) is 26.3 Å². The molecule has 0 aromatic heterocycles. The molecule has 8 heteroatoms. The minimum atomic E-state index is -0.00276. The SMILES string of the molecule is O=C(CN1CCN(C(=O)CN2CCOCC2)CC1)Nc1ccc(N2CCCC2)cc1. The summed E-state index contributed by atoms with van der Waals surface area (Å²) in [7, 11) is 0. The third-order valence-electron chi connectivity index (χ3n) is 6.18. The maximum absolute atomic E-state index is 12.5.